The Kier molecular flexibility index (Phi) is 5.16. The van der Waals surface area contributed by atoms with Crippen molar-refractivity contribution in [2.24, 2.45) is 5.92 Å². The van der Waals surface area contributed by atoms with E-state index < -0.39 is 0 Å². The van der Waals surface area contributed by atoms with Crippen LogP contribution in [-0.2, 0) is 12.8 Å². The van der Waals surface area contributed by atoms with Crippen molar-refractivity contribution in [1.29, 1.82) is 0 Å². The van der Waals surface area contributed by atoms with Crippen LogP contribution >= 0.6 is 31.9 Å². The van der Waals surface area contributed by atoms with Gasteiger partial charge in [0.2, 0.25) is 0 Å². The van der Waals surface area contributed by atoms with Gasteiger partial charge < -0.3 is 4.98 Å². The standard InChI is InChI=1S/C15H16Br2N2O/c1-9(2)7-12-14(17)15(20)19-13(18-12)8-10-3-5-11(16)6-4-10/h3-6,9H,7-8H2,1-2H3,(H,18,19,20). The Bertz CT molecular complexity index is 648. The minimum absolute atomic E-state index is 0.109. The largest absolute Gasteiger partial charge is 0.309 e. The minimum Gasteiger partial charge on any atom is -0.309 e. The summed E-state index contributed by atoms with van der Waals surface area (Å²) in [6.45, 7) is 4.23. The van der Waals surface area contributed by atoms with Gasteiger partial charge in [0.25, 0.3) is 5.56 Å². The highest BCUT2D eigenvalue weighted by molar-refractivity contribution is 9.10. The lowest BCUT2D eigenvalue weighted by Gasteiger charge is -2.09. The number of benzene rings is 1. The third-order valence-corrected chi connectivity index (χ3v) is 4.21. The van der Waals surface area contributed by atoms with Crippen molar-refractivity contribution >= 4 is 31.9 Å². The number of halogens is 2. The molecular weight excluding hydrogens is 384 g/mol. The van der Waals surface area contributed by atoms with E-state index in [1.165, 1.54) is 0 Å². The molecule has 106 valence electrons. The molecule has 1 aromatic carbocycles. The lowest BCUT2D eigenvalue weighted by atomic mass is 10.1. The minimum atomic E-state index is -0.109. The lowest BCUT2D eigenvalue weighted by Crippen LogP contribution is -2.17. The number of hydrogen-bond donors (Lipinski definition) is 1. The maximum atomic E-state index is 11.9. The molecule has 2 aromatic rings. The van der Waals surface area contributed by atoms with E-state index in [4.69, 9.17) is 0 Å². The second kappa shape index (κ2) is 6.68. The van der Waals surface area contributed by atoms with Crippen molar-refractivity contribution in [2.45, 2.75) is 26.7 Å². The van der Waals surface area contributed by atoms with Crippen LogP contribution in [-0.4, -0.2) is 9.97 Å². The zero-order valence-corrected chi connectivity index (χ0v) is 14.6. The molecule has 0 spiro atoms. The predicted molar refractivity (Wildman–Crippen MR) is 88.0 cm³/mol. The number of aromatic amines is 1. The fourth-order valence-corrected chi connectivity index (χ4v) is 2.57. The first kappa shape index (κ1) is 15.4. The van der Waals surface area contributed by atoms with Crippen molar-refractivity contribution in [1.82, 2.24) is 9.97 Å². The van der Waals surface area contributed by atoms with E-state index in [0.717, 1.165) is 22.2 Å². The summed E-state index contributed by atoms with van der Waals surface area (Å²) >= 11 is 6.74. The molecule has 0 saturated heterocycles. The van der Waals surface area contributed by atoms with Crippen LogP contribution in [0, 0.1) is 5.92 Å². The molecule has 0 aliphatic carbocycles. The first-order valence-electron chi connectivity index (χ1n) is 6.47. The molecule has 1 aromatic heterocycles. The third kappa shape index (κ3) is 4.03. The first-order chi connectivity index (χ1) is 9.45. The SMILES string of the molecule is CC(C)Cc1nc(Cc2ccc(Br)cc2)[nH]c(=O)c1Br. The second-order valence-electron chi connectivity index (χ2n) is 5.17. The smallest absolute Gasteiger partial charge is 0.265 e. The summed E-state index contributed by atoms with van der Waals surface area (Å²) in [5, 5.41) is 0. The first-order valence-corrected chi connectivity index (χ1v) is 8.06. The highest BCUT2D eigenvalue weighted by atomic mass is 79.9. The Hall–Kier alpha value is -0.940. The quantitative estimate of drug-likeness (QED) is 0.841. The van der Waals surface area contributed by atoms with Gasteiger partial charge in [-0.1, -0.05) is 41.9 Å². The van der Waals surface area contributed by atoms with Crippen LogP contribution < -0.4 is 5.56 Å². The number of nitrogens with zero attached hydrogens (tertiary/aromatic N) is 1. The van der Waals surface area contributed by atoms with Crippen LogP contribution in [0.25, 0.3) is 0 Å². The van der Waals surface area contributed by atoms with E-state index in [1.54, 1.807) is 0 Å². The molecule has 0 unspecified atom stereocenters. The Balaban J connectivity index is 2.30. The van der Waals surface area contributed by atoms with Crippen LogP contribution in [0.4, 0.5) is 0 Å². The topological polar surface area (TPSA) is 45.8 Å². The van der Waals surface area contributed by atoms with Crippen molar-refractivity contribution in [2.75, 3.05) is 0 Å². The molecule has 0 aliphatic rings. The number of hydrogen-bond acceptors (Lipinski definition) is 2. The summed E-state index contributed by atoms with van der Waals surface area (Å²) in [4.78, 5) is 19.3. The Morgan fingerprint density at radius 3 is 2.45 bits per heavy atom. The van der Waals surface area contributed by atoms with Crippen LogP contribution in [0.15, 0.2) is 38.0 Å². The molecule has 1 heterocycles. The number of H-pyrrole nitrogens is 1. The van der Waals surface area contributed by atoms with Crippen LogP contribution in [0.1, 0.15) is 30.9 Å². The Morgan fingerprint density at radius 1 is 1.20 bits per heavy atom. The van der Waals surface area contributed by atoms with Crippen molar-refractivity contribution in [3.63, 3.8) is 0 Å². The number of rotatable bonds is 4. The van der Waals surface area contributed by atoms with Gasteiger partial charge in [-0.25, -0.2) is 4.98 Å². The number of nitrogens with one attached hydrogen (secondary N) is 1. The Labute approximate surface area is 135 Å². The highest BCUT2D eigenvalue weighted by Crippen LogP contribution is 2.16. The molecule has 0 radical (unpaired) electrons. The maximum absolute atomic E-state index is 11.9. The normalized spacial score (nSPS) is 11.1. The molecular formula is C15H16Br2N2O. The summed E-state index contributed by atoms with van der Waals surface area (Å²) in [5.74, 6) is 1.16. The summed E-state index contributed by atoms with van der Waals surface area (Å²) in [6, 6.07) is 8.02. The van der Waals surface area contributed by atoms with Gasteiger partial charge in [0.1, 0.15) is 10.3 Å². The fraction of sp³-hybridized carbons (Fsp3) is 0.333. The van der Waals surface area contributed by atoms with Gasteiger partial charge in [0, 0.05) is 10.9 Å². The average Bonchev–Trinajstić information content (AvgIpc) is 2.37. The molecule has 0 saturated carbocycles. The van der Waals surface area contributed by atoms with E-state index >= 15 is 0 Å². The molecule has 1 N–H and O–H groups in total. The van der Waals surface area contributed by atoms with E-state index in [1.807, 2.05) is 24.3 Å². The maximum Gasteiger partial charge on any atom is 0.265 e. The van der Waals surface area contributed by atoms with E-state index in [-0.39, 0.29) is 5.56 Å². The van der Waals surface area contributed by atoms with Gasteiger partial charge in [-0.3, -0.25) is 4.79 Å². The zero-order chi connectivity index (χ0) is 14.7. The van der Waals surface area contributed by atoms with Gasteiger partial charge >= 0.3 is 0 Å². The highest BCUT2D eigenvalue weighted by Gasteiger charge is 2.11. The molecule has 0 fully saturated rings. The summed E-state index contributed by atoms with van der Waals surface area (Å²) in [6.07, 6.45) is 1.42. The molecule has 20 heavy (non-hydrogen) atoms. The monoisotopic (exact) mass is 398 g/mol. The van der Waals surface area contributed by atoms with Gasteiger partial charge in [0.15, 0.2) is 0 Å². The lowest BCUT2D eigenvalue weighted by molar-refractivity contribution is 0.627. The average molecular weight is 400 g/mol. The molecule has 5 heteroatoms. The second-order valence-corrected chi connectivity index (χ2v) is 6.88. The van der Waals surface area contributed by atoms with Crippen molar-refractivity contribution in [3.05, 3.63) is 60.6 Å². The van der Waals surface area contributed by atoms with Crippen LogP contribution in [0.5, 0.6) is 0 Å². The summed E-state index contributed by atoms with van der Waals surface area (Å²) < 4.78 is 1.59. The molecule has 0 aliphatic heterocycles. The molecule has 3 nitrogen and oxygen atoms in total. The van der Waals surface area contributed by atoms with Crippen LogP contribution in [0.3, 0.4) is 0 Å². The zero-order valence-electron chi connectivity index (χ0n) is 11.4. The van der Waals surface area contributed by atoms with Crippen molar-refractivity contribution in [3.8, 4) is 0 Å². The molecule has 0 bridgehead atoms. The molecule has 0 atom stereocenters. The van der Waals surface area contributed by atoms with Gasteiger partial charge in [-0.2, -0.15) is 0 Å². The van der Waals surface area contributed by atoms with E-state index in [9.17, 15) is 4.79 Å². The van der Waals surface area contributed by atoms with Crippen molar-refractivity contribution < 1.29 is 0 Å². The molecule has 2 rings (SSSR count). The van der Waals surface area contributed by atoms with Crippen LogP contribution in [0.2, 0.25) is 0 Å². The van der Waals surface area contributed by atoms with Gasteiger partial charge in [-0.15, -0.1) is 0 Å². The van der Waals surface area contributed by atoms with Gasteiger partial charge in [-0.05, 0) is 46.0 Å². The van der Waals surface area contributed by atoms with Gasteiger partial charge in [0.05, 0.1) is 5.69 Å². The molecule has 0 amide bonds. The number of aromatic nitrogens is 2. The Morgan fingerprint density at radius 2 is 1.85 bits per heavy atom. The van der Waals surface area contributed by atoms with E-state index in [2.05, 4.69) is 55.7 Å². The summed E-state index contributed by atoms with van der Waals surface area (Å²) in [7, 11) is 0. The van der Waals surface area contributed by atoms with E-state index in [0.29, 0.717) is 22.6 Å². The summed E-state index contributed by atoms with van der Waals surface area (Å²) in [5.41, 5.74) is 1.84. The fourth-order valence-electron chi connectivity index (χ4n) is 1.96. The predicted octanol–water partition coefficient (Wildman–Crippen LogP) is 4.08. The third-order valence-electron chi connectivity index (χ3n) is 2.87.